The number of hydrogen-bond donors (Lipinski definition) is 2. The molecule has 29 heavy (non-hydrogen) atoms. The van der Waals surface area contributed by atoms with Crippen molar-refractivity contribution >= 4 is 21.5 Å². The molecule has 0 fully saturated rings. The predicted octanol–water partition coefficient (Wildman–Crippen LogP) is 1.90. The summed E-state index contributed by atoms with van der Waals surface area (Å²) in [5, 5.41) is 13.6. The highest BCUT2D eigenvalue weighted by molar-refractivity contribution is 7.90. The summed E-state index contributed by atoms with van der Waals surface area (Å²) >= 11 is 0. The van der Waals surface area contributed by atoms with Gasteiger partial charge in [-0.15, -0.1) is 4.40 Å². The monoisotopic (exact) mass is 420 g/mol. The second-order valence-corrected chi connectivity index (χ2v) is 9.19. The molecule has 0 saturated heterocycles. The van der Waals surface area contributed by atoms with Gasteiger partial charge in [-0.25, -0.2) is 4.79 Å². The number of sulfonamides is 1. The lowest BCUT2D eigenvalue weighted by Gasteiger charge is -2.21. The van der Waals surface area contributed by atoms with Gasteiger partial charge in [-0.2, -0.15) is 8.42 Å². The van der Waals surface area contributed by atoms with Crippen LogP contribution >= 0.6 is 0 Å². The average Bonchev–Trinajstić information content (AvgIpc) is 2.60. The maximum Gasteiger partial charge on any atom is 0.334 e. The molecule has 1 aromatic heterocycles. The number of hydrogen-bond acceptors (Lipinski definition) is 6. The molecule has 156 valence electrons. The maximum absolute atomic E-state index is 13.0. The van der Waals surface area contributed by atoms with Crippen LogP contribution in [0.1, 0.15) is 45.7 Å². The van der Waals surface area contributed by atoms with Crippen molar-refractivity contribution in [1.82, 2.24) is 9.13 Å². The molecule has 0 saturated carbocycles. The topological polar surface area (TPSA) is 123 Å². The molecular weight excluding hydrogens is 396 g/mol. The summed E-state index contributed by atoms with van der Waals surface area (Å²) in [6.45, 7) is 7.45. The summed E-state index contributed by atoms with van der Waals surface area (Å²) < 4.78 is 30.9. The number of rotatable bonds is 5. The lowest BCUT2D eigenvalue weighted by atomic mass is 10.1. The fraction of sp³-hybridized carbons (Fsp3) is 0.421. The number of nitrogens with one attached hydrogen (secondary N) is 1. The van der Waals surface area contributed by atoms with Crippen molar-refractivity contribution in [3.05, 3.63) is 50.7 Å². The van der Waals surface area contributed by atoms with Crippen LogP contribution in [0.5, 0.6) is 5.88 Å². The first-order valence-electron chi connectivity index (χ1n) is 9.34. The number of aromatic nitrogens is 2. The van der Waals surface area contributed by atoms with Gasteiger partial charge in [0.2, 0.25) is 5.88 Å². The molecular formula is C19H24N4O5S. The molecule has 0 bridgehead atoms. The first kappa shape index (κ1) is 20.8. The molecule has 2 N–H and O–H groups in total. The Balaban J connectivity index is 2.29. The molecule has 9 nitrogen and oxygen atoms in total. The Morgan fingerprint density at radius 3 is 2.41 bits per heavy atom. The molecule has 1 aliphatic heterocycles. The van der Waals surface area contributed by atoms with Crippen molar-refractivity contribution in [2.75, 3.05) is 5.32 Å². The summed E-state index contributed by atoms with van der Waals surface area (Å²) in [4.78, 5) is 25.8. The van der Waals surface area contributed by atoms with Crippen molar-refractivity contribution in [3.63, 3.8) is 0 Å². The highest BCUT2D eigenvalue weighted by Gasteiger charge is 2.30. The number of para-hydroxylation sites is 1. The maximum atomic E-state index is 13.0. The highest BCUT2D eigenvalue weighted by atomic mass is 32.2. The normalized spacial score (nSPS) is 15.2. The van der Waals surface area contributed by atoms with Gasteiger partial charge in [0, 0.05) is 12.6 Å². The number of fused-ring (bicyclic) bond motifs is 1. The van der Waals surface area contributed by atoms with E-state index in [1.54, 1.807) is 26.0 Å². The predicted molar refractivity (Wildman–Crippen MR) is 110 cm³/mol. The smallest absolute Gasteiger partial charge is 0.334 e. The molecule has 0 aliphatic carbocycles. The largest absolute Gasteiger partial charge is 0.494 e. The van der Waals surface area contributed by atoms with E-state index >= 15 is 0 Å². The van der Waals surface area contributed by atoms with Gasteiger partial charge in [-0.1, -0.05) is 26.0 Å². The third-order valence-corrected chi connectivity index (χ3v) is 6.00. The van der Waals surface area contributed by atoms with Gasteiger partial charge in [0.15, 0.2) is 5.84 Å². The Bertz CT molecular complexity index is 1210. The van der Waals surface area contributed by atoms with E-state index in [-0.39, 0.29) is 34.4 Å². The van der Waals surface area contributed by atoms with E-state index in [2.05, 4.69) is 9.71 Å². The van der Waals surface area contributed by atoms with Gasteiger partial charge in [0.05, 0.1) is 5.69 Å². The molecule has 0 atom stereocenters. The molecule has 1 aromatic carbocycles. The number of amidine groups is 1. The van der Waals surface area contributed by atoms with Crippen LogP contribution in [0.4, 0.5) is 5.69 Å². The SMILES string of the molecule is CC(C)CCn1c(O)c(C2=NS(=O)(=O)c3ccccc3N2)c(=O)n(C(C)C)c1=O. The van der Waals surface area contributed by atoms with Crippen molar-refractivity contribution in [2.24, 2.45) is 10.3 Å². The second kappa shape index (κ2) is 7.51. The van der Waals surface area contributed by atoms with Gasteiger partial charge in [-0.05, 0) is 38.3 Å². The minimum atomic E-state index is -4.08. The Morgan fingerprint density at radius 1 is 1.14 bits per heavy atom. The lowest BCUT2D eigenvalue weighted by molar-refractivity contribution is 0.365. The van der Waals surface area contributed by atoms with E-state index in [1.165, 1.54) is 12.1 Å². The van der Waals surface area contributed by atoms with Crippen molar-refractivity contribution in [1.29, 1.82) is 0 Å². The fourth-order valence-corrected chi connectivity index (χ4v) is 4.26. The molecule has 2 aromatic rings. The van der Waals surface area contributed by atoms with Crippen LogP contribution in [0.2, 0.25) is 0 Å². The average molecular weight is 420 g/mol. The summed E-state index contributed by atoms with van der Waals surface area (Å²) in [6, 6.07) is 5.64. The van der Waals surface area contributed by atoms with Crippen molar-refractivity contribution in [2.45, 2.75) is 51.6 Å². The number of benzene rings is 1. The van der Waals surface area contributed by atoms with E-state index in [0.29, 0.717) is 6.42 Å². The second-order valence-electron chi connectivity index (χ2n) is 7.62. The van der Waals surface area contributed by atoms with E-state index in [1.807, 2.05) is 13.8 Å². The summed E-state index contributed by atoms with van der Waals surface area (Å²) in [6.07, 6.45) is 0.588. The minimum absolute atomic E-state index is 0.0273. The molecule has 0 amide bonds. The summed E-state index contributed by atoms with van der Waals surface area (Å²) in [7, 11) is -4.08. The Morgan fingerprint density at radius 2 is 1.79 bits per heavy atom. The van der Waals surface area contributed by atoms with Crippen LogP contribution in [-0.4, -0.2) is 28.5 Å². The van der Waals surface area contributed by atoms with Gasteiger partial charge in [0.25, 0.3) is 15.6 Å². The summed E-state index contributed by atoms with van der Waals surface area (Å²) in [5.74, 6) is -0.654. The third-order valence-electron chi connectivity index (χ3n) is 4.66. The van der Waals surface area contributed by atoms with Crippen LogP contribution in [0, 0.1) is 5.92 Å². The third kappa shape index (κ3) is 3.71. The molecule has 0 radical (unpaired) electrons. The van der Waals surface area contributed by atoms with Crippen LogP contribution < -0.4 is 16.6 Å². The quantitative estimate of drug-likeness (QED) is 0.762. The zero-order valence-electron chi connectivity index (χ0n) is 16.7. The zero-order chi connectivity index (χ0) is 21.5. The molecule has 0 unspecified atom stereocenters. The van der Waals surface area contributed by atoms with Crippen LogP contribution in [0.15, 0.2) is 43.1 Å². The van der Waals surface area contributed by atoms with Crippen molar-refractivity contribution in [3.8, 4) is 5.88 Å². The Hall–Kier alpha value is -2.88. The highest BCUT2D eigenvalue weighted by Crippen LogP contribution is 2.29. The number of nitrogens with zero attached hydrogens (tertiary/aromatic N) is 3. The number of aromatic hydroxyl groups is 1. The van der Waals surface area contributed by atoms with Crippen LogP contribution in [0.25, 0.3) is 0 Å². The van der Waals surface area contributed by atoms with Gasteiger partial charge >= 0.3 is 5.69 Å². The Labute approximate surface area is 168 Å². The first-order chi connectivity index (χ1) is 13.5. The Kier molecular flexibility index (Phi) is 5.40. The molecule has 10 heteroatoms. The van der Waals surface area contributed by atoms with E-state index in [0.717, 1.165) is 9.13 Å². The fourth-order valence-electron chi connectivity index (χ4n) is 3.13. The van der Waals surface area contributed by atoms with Crippen LogP contribution in [-0.2, 0) is 16.6 Å². The van der Waals surface area contributed by atoms with Gasteiger partial charge in [0.1, 0.15) is 10.5 Å². The lowest BCUT2D eigenvalue weighted by Crippen LogP contribution is -2.45. The molecule has 0 spiro atoms. The molecule has 3 rings (SSSR count). The zero-order valence-corrected chi connectivity index (χ0v) is 17.5. The molecule has 2 heterocycles. The minimum Gasteiger partial charge on any atom is -0.494 e. The van der Waals surface area contributed by atoms with Crippen LogP contribution in [0.3, 0.4) is 0 Å². The van der Waals surface area contributed by atoms with E-state index in [4.69, 9.17) is 0 Å². The van der Waals surface area contributed by atoms with Crippen molar-refractivity contribution < 1.29 is 13.5 Å². The molecule has 1 aliphatic rings. The van der Waals surface area contributed by atoms with E-state index < -0.39 is 33.2 Å². The van der Waals surface area contributed by atoms with Gasteiger partial charge < -0.3 is 10.4 Å². The summed E-state index contributed by atoms with van der Waals surface area (Å²) in [5.41, 5.74) is -1.55. The standard InChI is InChI=1S/C19H24N4O5S/c1-11(2)9-10-22-17(24)15(18(25)23(12(3)4)19(22)26)16-20-13-7-5-6-8-14(13)29(27,28)21-16/h5-8,11-12,24H,9-10H2,1-4H3,(H,20,21). The van der Waals surface area contributed by atoms with Gasteiger partial charge in [-0.3, -0.25) is 13.9 Å². The first-order valence-corrected chi connectivity index (χ1v) is 10.8. The van der Waals surface area contributed by atoms with E-state index in [9.17, 15) is 23.1 Å². The number of anilines is 1.